The first kappa shape index (κ1) is 23.6. The fourth-order valence-electron chi connectivity index (χ4n) is 3.52. The van der Waals surface area contributed by atoms with Crippen LogP contribution in [0.2, 0.25) is 0 Å². The van der Waals surface area contributed by atoms with Crippen LogP contribution in [0.4, 0.5) is 11.4 Å². The number of rotatable bonds is 8. The minimum atomic E-state index is -0.443. The molecule has 0 saturated heterocycles. The molecule has 10 nitrogen and oxygen atoms in total. The molecule has 0 atom stereocenters. The van der Waals surface area contributed by atoms with E-state index in [2.05, 4.69) is 15.6 Å². The SMILES string of the molecule is COc1cc(NC(=O)C[N+]2(CC(=O)Nc3cc(OC)c(C)cc3O)C=C[N+]=C2)c(O)cc1C. The van der Waals surface area contributed by atoms with Gasteiger partial charge in [-0.05, 0) is 37.1 Å². The number of aryl methyl sites for hydroxylation is 2. The summed E-state index contributed by atoms with van der Waals surface area (Å²) in [6.07, 6.45) is 4.59. The van der Waals surface area contributed by atoms with E-state index < -0.39 is 11.8 Å². The number of aromatic hydroxyl groups is 2. The summed E-state index contributed by atoms with van der Waals surface area (Å²) in [7, 11) is 2.99. The lowest BCUT2D eigenvalue weighted by Crippen LogP contribution is -2.50. The molecule has 1 heterocycles. The van der Waals surface area contributed by atoms with Crippen molar-refractivity contribution in [1.29, 1.82) is 0 Å². The van der Waals surface area contributed by atoms with E-state index in [-0.39, 0.29) is 40.4 Å². The van der Waals surface area contributed by atoms with Gasteiger partial charge in [-0.15, -0.1) is 0 Å². The number of quaternary nitrogens is 1. The number of benzene rings is 2. The molecular formula is C23H27N4O6+2. The lowest BCUT2D eigenvalue weighted by molar-refractivity contribution is -0.760. The number of phenolic OH excluding ortho intramolecular Hbond substituents is 2. The van der Waals surface area contributed by atoms with Gasteiger partial charge >= 0.3 is 12.5 Å². The second-order valence-corrected chi connectivity index (χ2v) is 7.76. The van der Waals surface area contributed by atoms with Crippen LogP contribution in [-0.4, -0.2) is 60.2 Å². The summed E-state index contributed by atoms with van der Waals surface area (Å²) in [5, 5.41) is 25.6. The Balaban J connectivity index is 1.72. The molecule has 0 spiro atoms. The average molecular weight is 455 g/mol. The number of aliphatic imine (C=N–C) groups is 1. The maximum absolute atomic E-state index is 12.8. The van der Waals surface area contributed by atoms with Crippen molar-refractivity contribution in [3.05, 3.63) is 47.8 Å². The molecule has 0 aromatic heterocycles. The predicted molar refractivity (Wildman–Crippen MR) is 123 cm³/mol. The number of anilines is 2. The van der Waals surface area contributed by atoms with Crippen LogP contribution in [-0.2, 0) is 9.59 Å². The molecule has 0 bridgehead atoms. The highest BCUT2D eigenvalue weighted by atomic mass is 16.5. The van der Waals surface area contributed by atoms with Crippen LogP contribution in [0.5, 0.6) is 23.0 Å². The molecule has 2 aromatic rings. The van der Waals surface area contributed by atoms with Gasteiger partial charge in [-0.25, -0.2) is 0 Å². The predicted octanol–water partition coefficient (Wildman–Crippen LogP) is 1.97. The van der Waals surface area contributed by atoms with E-state index in [1.165, 1.54) is 51.0 Å². The molecule has 0 saturated carbocycles. The van der Waals surface area contributed by atoms with Crippen LogP contribution >= 0.6 is 0 Å². The summed E-state index contributed by atoms with van der Waals surface area (Å²) >= 11 is 0. The lowest BCUT2D eigenvalue weighted by Gasteiger charge is -2.22. The van der Waals surface area contributed by atoms with Gasteiger partial charge in [0.25, 0.3) is 11.8 Å². The van der Waals surface area contributed by atoms with Crippen LogP contribution in [0.1, 0.15) is 11.1 Å². The maximum Gasteiger partial charge on any atom is 0.404 e. The normalized spacial score (nSPS) is 13.6. The zero-order valence-electron chi connectivity index (χ0n) is 18.9. The summed E-state index contributed by atoms with van der Waals surface area (Å²) in [6.45, 7) is 3.25. The van der Waals surface area contributed by atoms with Crippen molar-refractivity contribution in [2.45, 2.75) is 13.8 Å². The third kappa shape index (κ3) is 5.42. The summed E-state index contributed by atoms with van der Waals surface area (Å²) in [4.78, 5) is 29.6. The van der Waals surface area contributed by atoms with E-state index >= 15 is 0 Å². The van der Waals surface area contributed by atoms with E-state index in [0.29, 0.717) is 11.5 Å². The first-order valence-corrected chi connectivity index (χ1v) is 10.1. The third-order valence-electron chi connectivity index (χ3n) is 5.20. The molecule has 2 aromatic carbocycles. The number of hydrogen-bond acceptors (Lipinski definition) is 7. The van der Waals surface area contributed by atoms with E-state index in [0.717, 1.165) is 11.1 Å². The number of carbonyl (C=O) groups excluding carboxylic acids is 2. The molecular weight excluding hydrogens is 428 g/mol. The zero-order chi connectivity index (χ0) is 24.2. The molecule has 0 unspecified atom stereocenters. The maximum atomic E-state index is 12.8. The Morgan fingerprint density at radius 2 is 1.33 bits per heavy atom. The van der Waals surface area contributed by atoms with Crippen molar-refractivity contribution in [1.82, 2.24) is 4.99 Å². The molecule has 1 radical (unpaired) electrons. The van der Waals surface area contributed by atoms with Crippen LogP contribution in [0.15, 0.2) is 36.7 Å². The largest absolute Gasteiger partial charge is 0.506 e. The Kier molecular flexibility index (Phi) is 6.88. The Morgan fingerprint density at radius 1 is 0.879 bits per heavy atom. The highest BCUT2D eigenvalue weighted by Crippen LogP contribution is 2.32. The Labute approximate surface area is 191 Å². The number of nitrogens with zero attached hydrogens (tertiary/aromatic N) is 2. The number of phenols is 2. The molecule has 4 N–H and O–H groups in total. The summed E-state index contributed by atoms with van der Waals surface area (Å²) in [5.74, 6) is -0.0471. The number of nitrogens with one attached hydrogen (secondary N) is 2. The van der Waals surface area contributed by atoms with E-state index in [9.17, 15) is 19.8 Å². The summed E-state index contributed by atoms with van der Waals surface area (Å²) in [5.41, 5.74) is 1.83. The Bertz CT molecular complexity index is 1050. The highest BCUT2D eigenvalue weighted by Gasteiger charge is 2.38. The Hall–Kier alpha value is -4.05. The lowest BCUT2D eigenvalue weighted by atomic mass is 10.2. The van der Waals surface area contributed by atoms with Crippen LogP contribution in [0.25, 0.3) is 0 Å². The molecule has 0 fully saturated rings. The second-order valence-electron chi connectivity index (χ2n) is 7.76. The second kappa shape index (κ2) is 9.61. The van der Waals surface area contributed by atoms with Gasteiger partial charge in [0.05, 0.1) is 25.6 Å². The van der Waals surface area contributed by atoms with Crippen molar-refractivity contribution in [3.8, 4) is 23.0 Å². The Morgan fingerprint density at radius 3 is 1.70 bits per heavy atom. The summed E-state index contributed by atoms with van der Waals surface area (Å²) in [6, 6.07) is 6.04. The minimum absolute atomic E-state index is 0.0969. The van der Waals surface area contributed by atoms with Gasteiger partial charge in [-0.3, -0.25) is 9.59 Å². The van der Waals surface area contributed by atoms with E-state index in [4.69, 9.17) is 9.47 Å². The number of ether oxygens (including phenoxy) is 2. The number of carbonyl (C=O) groups is 2. The van der Waals surface area contributed by atoms with Gasteiger partial charge < -0.3 is 30.3 Å². The number of hydrogen-bond donors (Lipinski definition) is 4. The first-order chi connectivity index (χ1) is 15.7. The molecule has 2 amide bonds. The molecule has 0 aliphatic carbocycles. The molecule has 10 heteroatoms. The topological polar surface area (TPSA) is 131 Å². The standard InChI is InChI=1S/C23H26N4O6/c1-14-7-18(28)16(9-20(14)32-3)25-22(30)11-27(6-5-24-13-27)12-23(31)26-17-10-21(33-4)15(2)8-19(17)29/h5-10,13H,11-12H2,1-4H3,(H3-,25,26,28,29,30,31)/q+1/p+1. The number of methoxy groups -OCH3 is 2. The molecule has 173 valence electrons. The van der Waals surface area contributed by atoms with Crippen molar-refractivity contribution in [2.75, 3.05) is 37.9 Å². The first-order valence-electron chi connectivity index (χ1n) is 10.1. The van der Waals surface area contributed by atoms with Gasteiger partial charge in [-0.2, -0.15) is 4.48 Å². The quantitative estimate of drug-likeness (QED) is 0.356. The summed E-state index contributed by atoms with van der Waals surface area (Å²) < 4.78 is 10.3. The van der Waals surface area contributed by atoms with E-state index in [1.807, 2.05) is 0 Å². The molecule has 1 aliphatic rings. The monoisotopic (exact) mass is 455 g/mol. The smallest absolute Gasteiger partial charge is 0.404 e. The minimum Gasteiger partial charge on any atom is -0.506 e. The van der Waals surface area contributed by atoms with Crippen LogP contribution < -0.4 is 25.1 Å². The average Bonchev–Trinajstić information content (AvgIpc) is 3.19. The fourth-order valence-corrected chi connectivity index (χ4v) is 3.52. The van der Waals surface area contributed by atoms with Crippen molar-refractivity contribution >= 4 is 29.5 Å². The van der Waals surface area contributed by atoms with Gasteiger partial charge in [-0.1, -0.05) is 0 Å². The van der Waals surface area contributed by atoms with Crippen molar-refractivity contribution in [3.63, 3.8) is 0 Å². The zero-order valence-corrected chi connectivity index (χ0v) is 18.9. The number of amides is 2. The van der Waals surface area contributed by atoms with Gasteiger partial charge in [0.15, 0.2) is 19.3 Å². The third-order valence-corrected chi connectivity index (χ3v) is 5.20. The van der Waals surface area contributed by atoms with Crippen LogP contribution in [0.3, 0.4) is 0 Å². The molecule has 1 aliphatic heterocycles. The molecule has 3 rings (SSSR count). The van der Waals surface area contributed by atoms with Crippen LogP contribution in [0, 0.1) is 13.8 Å². The fraction of sp³-hybridized carbons (Fsp3) is 0.261. The van der Waals surface area contributed by atoms with Gasteiger partial charge in [0, 0.05) is 12.1 Å². The van der Waals surface area contributed by atoms with E-state index in [1.54, 1.807) is 20.0 Å². The van der Waals surface area contributed by atoms with Crippen molar-refractivity contribution in [2.24, 2.45) is 0 Å². The van der Waals surface area contributed by atoms with Gasteiger partial charge in [0.2, 0.25) is 0 Å². The van der Waals surface area contributed by atoms with Crippen molar-refractivity contribution < 1.29 is 33.8 Å². The molecule has 33 heavy (non-hydrogen) atoms. The van der Waals surface area contributed by atoms with Gasteiger partial charge in [0.1, 0.15) is 28.0 Å². The highest BCUT2D eigenvalue weighted by molar-refractivity contribution is 5.96.